The summed E-state index contributed by atoms with van der Waals surface area (Å²) < 4.78 is 0. The lowest BCUT2D eigenvalue weighted by Crippen LogP contribution is -2.69. The van der Waals surface area contributed by atoms with Crippen molar-refractivity contribution in [3.63, 3.8) is 0 Å². The summed E-state index contributed by atoms with van der Waals surface area (Å²) in [6, 6.07) is 22.5. The first-order chi connectivity index (χ1) is 11.1. The van der Waals surface area contributed by atoms with Crippen molar-refractivity contribution < 1.29 is 5.11 Å². The highest BCUT2D eigenvalue weighted by molar-refractivity contribution is 7.03. The molecule has 0 aliphatic rings. The quantitative estimate of drug-likeness (QED) is 0.732. The van der Waals surface area contributed by atoms with Crippen LogP contribution in [0.2, 0.25) is 6.04 Å². The summed E-state index contributed by atoms with van der Waals surface area (Å²) in [4.78, 5) is 0. The summed E-state index contributed by atoms with van der Waals surface area (Å²) in [5, 5.41) is 12.2. The summed E-state index contributed by atoms with van der Waals surface area (Å²) in [5.41, 5.74) is 6.99. The monoisotopic (exact) mass is 327 g/mol. The standard InChI is InChI=1S/C20H29NOSi/c1-17(2)16-20(21)23(15-9-14-22,18-10-5-3-6-11-18)19-12-7-4-8-13-19/h3-8,10-13,17,20,22H,9,14-16,21H2,1-2H3/t20-/m1/s1. The van der Waals surface area contributed by atoms with Crippen molar-refractivity contribution in [2.45, 2.75) is 38.4 Å². The minimum absolute atomic E-state index is 0.152. The molecule has 3 heteroatoms. The van der Waals surface area contributed by atoms with E-state index in [2.05, 4.69) is 74.5 Å². The Balaban J connectivity index is 2.58. The van der Waals surface area contributed by atoms with Crippen LogP contribution in [0.15, 0.2) is 60.7 Å². The molecule has 0 radical (unpaired) electrons. The summed E-state index contributed by atoms with van der Waals surface area (Å²) in [6.07, 6.45) is 1.82. The van der Waals surface area contributed by atoms with Crippen molar-refractivity contribution in [3.8, 4) is 0 Å². The van der Waals surface area contributed by atoms with Crippen LogP contribution in [0.3, 0.4) is 0 Å². The van der Waals surface area contributed by atoms with Crippen LogP contribution in [0.4, 0.5) is 0 Å². The minimum Gasteiger partial charge on any atom is -0.396 e. The molecule has 124 valence electrons. The normalized spacial score (nSPS) is 13.3. The molecule has 1 atom stereocenters. The Labute approximate surface area is 141 Å². The molecule has 0 amide bonds. The van der Waals surface area contributed by atoms with Crippen molar-refractivity contribution in [2.24, 2.45) is 11.7 Å². The highest BCUT2D eigenvalue weighted by Gasteiger charge is 2.42. The zero-order valence-electron chi connectivity index (χ0n) is 14.3. The van der Waals surface area contributed by atoms with E-state index in [9.17, 15) is 5.11 Å². The molecule has 0 saturated carbocycles. The largest absolute Gasteiger partial charge is 0.396 e. The number of aliphatic hydroxyl groups is 1. The third kappa shape index (κ3) is 4.11. The van der Waals surface area contributed by atoms with Gasteiger partial charge < -0.3 is 10.8 Å². The van der Waals surface area contributed by atoms with Crippen LogP contribution in [-0.4, -0.2) is 25.5 Å². The van der Waals surface area contributed by atoms with Gasteiger partial charge >= 0.3 is 0 Å². The van der Waals surface area contributed by atoms with Crippen LogP contribution in [0.5, 0.6) is 0 Å². The van der Waals surface area contributed by atoms with Crippen molar-refractivity contribution >= 4 is 18.4 Å². The van der Waals surface area contributed by atoms with Gasteiger partial charge in [-0.15, -0.1) is 0 Å². The second-order valence-corrected chi connectivity index (χ2v) is 11.1. The van der Waals surface area contributed by atoms with Crippen molar-refractivity contribution in [1.82, 2.24) is 0 Å². The zero-order chi connectivity index (χ0) is 16.7. The summed E-state index contributed by atoms with van der Waals surface area (Å²) in [7, 11) is -2.12. The maximum absolute atomic E-state index is 9.47. The van der Waals surface area contributed by atoms with Gasteiger partial charge in [0, 0.05) is 12.3 Å². The van der Waals surface area contributed by atoms with E-state index in [1.807, 2.05) is 0 Å². The fourth-order valence-electron chi connectivity index (χ4n) is 3.61. The number of hydrogen-bond donors (Lipinski definition) is 2. The van der Waals surface area contributed by atoms with Crippen LogP contribution < -0.4 is 16.1 Å². The fraction of sp³-hybridized carbons (Fsp3) is 0.400. The Bertz CT molecular complexity index is 531. The average molecular weight is 328 g/mol. The van der Waals surface area contributed by atoms with Gasteiger partial charge in [-0.05, 0) is 24.8 Å². The lowest BCUT2D eigenvalue weighted by atomic mass is 10.1. The Hall–Kier alpha value is -1.42. The van der Waals surface area contributed by atoms with E-state index in [1.165, 1.54) is 10.4 Å². The van der Waals surface area contributed by atoms with Crippen LogP contribution in [0.1, 0.15) is 26.7 Å². The molecule has 0 aliphatic heterocycles. The molecular weight excluding hydrogens is 298 g/mol. The molecule has 0 aromatic heterocycles. The number of hydrogen-bond acceptors (Lipinski definition) is 2. The number of rotatable bonds is 8. The van der Waals surface area contributed by atoms with Gasteiger partial charge in [-0.25, -0.2) is 0 Å². The van der Waals surface area contributed by atoms with E-state index in [0.717, 1.165) is 18.9 Å². The molecule has 2 rings (SSSR count). The first-order valence-corrected chi connectivity index (χ1v) is 10.9. The van der Waals surface area contributed by atoms with Crippen LogP contribution in [-0.2, 0) is 0 Å². The van der Waals surface area contributed by atoms with E-state index >= 15 is 0 Å². The molecule has 0 unspecified atom stereocenters. The van der Waals surface area contributed by atoms with E-state index in [4.69, 9.17) is 5.73 Å². The maximum atomic E-state index is 9.47. The Kier molecular flexibility index (Phi) is 6.57. The highest BCUT2D eigenvalue weighted by Crippen LogP contribution is 2.21. The molecule has 23 heavy (non-hydrogen) atoms. The van der Waals surface area contributed by atoms with Gasteiger partial charge in [-0.1, -0.05) is 84.9 Å². The Morgan fingerprint density at radius 1 is 0.913 bits per heavy atom. The molecule has 3 N–H and O–H groups in total. The SMILES string of the molecule is CC(C)C[C@H](N)[Si](CCCO)(c1ccccc1)c1ccccc1. The number of benzene rings is 2. The Morgan fingerprint density at radius 3 is 1.78 bits per heavy atom. The second-order valence-electron chi connectivity index (χ2n) is 6.77. The summed E-state index contributed by atoms with van der Waals surface area (Å²) >= 11 is 0. The number of nitrogens with two attached hydrogens (primary N) is 1. The van der Waals surface area contributed by atoms with Crippen LogP contribution in [0, 0.1) is 5.92 Å². The molecule has 2 aromatic rings. The van der Waals surface area contributed by atoms with Gasteiger partial charge in [-0.2, -0.15) is 0 Å². The average Bonchev–Trinajstić information content (AvgIpc) is 2.57. The third-order valence-corrected chi connectivity index (χ3v) is 10.0. The van der Waals surface area contributed by atoms with Gasteiger partial charge in [0.1, 0.15) is 8.07 Å². The summed E-state index contributed by atoms with van der Waals surface area (Å²) in [6.45, 7) is 4.70. The molecule has 2 nitrogen and oxygen atoms in total. The summed E-state index contributed by atoms with van der Waals surface area (Å²) in [5.74, 6) is 0.568. The minimum atomic E-state index is -2.12. The molecule has 0 aliphatic carbocycles. The maximum Gasteiger partial charge on any atom is 0.134 e. The molecule has 0 saturated heterocycles. The van der Waals surface area contributed by atoms with E-state index in [-0.39, 0.29) is 12.3 Å². The topological polar surface area (TPSA) is 46.2 Å². The lowest BCUT2D eigenvalue weighted by Gasteiger charge is -2.39. The first-order valence-electron chi connectivity index (χ1n) is 8.58. The van der Waals surface area contributed by atoms with Crippen molar-refractivity contribution in [3.05, 3.63) is 60.7 Å². The predicted molar refractivity (Wildman–Crippen MR) is 102 cm³/mol. The zero-order valence-corrected chi connectivity index (χ0v) is 15.3. The van der Waals surface area contributed by atoms with Gasteiger partial charge in [0.25, 0.3) is 0 Å². The molecule has 0 bridgehead atoms. The van der Waals surface area contributed by atoms with Gasteiger partial charge in [0.15, 0.2) is 0 Å². The van der Waals surface area contributed by atoms with Gasteiger partial charge in [-0.3, -0.25) is 0 Å². The third-order valence-electron chi connectivity index (χ3n) is 4.67. The second kappa shape index (κ2) is 8.43. The van der Waals surface area contributed by atoms with Crippen LogP contribution >= 0.6 is 0 Å². The van der Waals surface area contributed by atoms with Crippen molar-refractivity contribution in [2.75, 3.05) is 6.61 Å². The number of aliphatic hydroxyl groups excluding tert-OH is 1. The van der Waals surface area contributed by atoms with Crippen LogP contribution in [0.25, 0.3) is 0 Å². The smallest absolute Gasteiger partial charge is 0.134 e. The van der Waals surface area contributed by atoms with Gasteiger partial charge in [0.2, 0.25) is 0 Å². The predicted octanol–water partition coefficient (Wildman–Crippen LogP) is 2.54. The van der Waals surface area contributed by atoms with Gasteiger partial charge in [0.05, 0.1) is 0 Å². The van der Waals surface area contributed by atoms with E-state index in [1.54, 1.807) is 0 Å². The van der Waals surface area contributed by atoms with E-state index in [0.29, 0.717) is 5.92 Å². The highest BCUT2D eigenvalue weighted by atomic mass is 28.3. The fourth-order valence-corrected chi connectivity index (χ4v) is 8.91. The Morgan fingerprint density at radius 2 is 1.39 bits per heavy atom. The first kappa shape index (κ1) is 17.9. The lowest BCUT2D eigenvalue weighted by molar-refractivity contribution is 0.294. The molecule has 2 aromatic carbocycles. The van der Waals surface area contributed by atoms with Crippen molar-refractivity contribution in [1.29, 1.82) is 0 Å². The van der Waals surface area contributed by atoms with E-state index < -0.39 is 8.07 Å². The molecule has 0 heterocycles. The molecule has 0 spiro atoms. The molecular formula is C20H29NOSi. The molecule has 0 fully saturated rings.